The van der Waals surface area contributed by atoms with E-state index in [0.717, 1.165) is 16.7 Å². The second-order valence-corrected chi connectivity index (χ2v) is 4.51. The summed E-state index contributed by atoms with van der Waals surface area (Å²) in [4.78, 5) is 20.0. The molecule has 0 atom stereocenters. The molecule has 0 fully saturated rings. The van der Waals surface area contributed by atoms with Gasteiger partial charge in [-0.05, 0) is 29.8 Å². The van der Waals surface area contributed by atoms with Gasteiger partial charge in [-0.25, -0.2) is 0 Å². The molecule has 0 aliphatic carbocycles. The lowest BCUT2D eigenvalue weighted by molar-refractivity contribution is 0.0951. The van der Waals surface area contributed by atoms with Gasteiger partial charge in [0.2, 0.25) is 0 Å². The highest BCUT2D eigenvalue weighted by atomic mass is 16.3. The van der Waals surface area contributed by atoms with Gasteiger partial charge in [-0.1, -0.05) is 0 Å². The first-order chi connectivity index (χ1) is 10.3. The molecule has 0 aliphatic rings. The summed E-state index contributed by atoms with van der Waals surface area (Å²) in [5.41, 5.74) is 3.43. The highest BCUT2D eigenvalue weighted by molar-refractivity contribution is 5.93. The van der Waals surface area contributed by atoms with Crippen LogP contribution in [-0.2, 0) is 6.54 Å². The van der Waals surface area contributed by atoms with Crippen LogP contribution in [0.25, 0.3) is 11.1 Å². The molecule has 104 valence electrons. The van der Waals surface area contributed by atoms with Gasteiger partial charge in [0.05, 0.1) is 12.5 Å². The Labute approximate surface area is 121 Å². The van der Waals surface area contributed by atoms with E-state index >= 15 is 0 Å². The van der Waals surface area contributed by atoms with Crippen LogP contribution in [0.15, 0.2) is 66.0 Å². The third-order valence-corrected chi connectivity index (χ3v) is 3.04. The molecule has 1 amide bonds. The molecule has 0 saturated carbocycles. The lowest BCUT2D eigenvalue weighted by atomic mass is 10.1. The fourth-order valence-electron chi connectivity index (χ4n) is 1.96. The van der Waals surface area contributed by atoms with Crippen molar-refractivity contribution in [2.24, 2.45) is 0 Å². The third kappa shape index (κ3) is 3.14. The summed E-state index contributed by atoms with van der Waals surface area (Å²) < 4.78 is 5.06. The van der Waals surface area contributed by atoms with Crippen LogP contribution >= 0.6 is 0 Å². The number of aromatic nitrogens is 2. The number of carbonyl (C=O) groups is 1. The number of amides is 1. The van der Waals surface area contributed by atoms with Gasteiger partial charge in [0.1, 0.15) is 0 Å². The number of rotatable bonds is 4. The molecule has 0 aromatic carbocycles. The van der Waals surface area contributed by atoms with Crippen molar-refractivity contribution in [3.8, 4) is 11.1 Å². The van der Waals surface area contributed by atoms with Crippen LogP contribution in [0.1, 0.15) is 15.9 Å². The van der Waals surface area contributed by atoms with Crippen molar-refractivity contribution in [2.75, 3.05) is 0 Å². The topological polar surface area (TPSA) is 68.0 Å². The van der Waals surface area contributed by atoms with Crippen LogP contribution in [0.4, 0.5) is 0 Å². The number of furan rings is 1. The molecular weight excluding hydrogens is 266 g/mol. The largest absolute Gasteiger partial charge is 0.472 e. The average Bonchev–Trinajstić information content (AvgIpc) is 3.08. The van der Waals surface area contributed by atoms with Crippen molar-refractivity contribution in [3.63, 3.8) is 0 Å². The summed E-state index contributed by atoms with van der Waals surface area (Å²) in [5, 5.41) is 2.86. The molecule has 0 unspecified atom stereocenters. The van der Waals surface area contributed by atoms with E-state index in [1.165, 1.54) is 0 Å². The molecule has 0 aliphatic heterocycles. The molecular formula is C16H13N3O2. The maximum atomic E-state index is 12.0. The Morgan fingerprint density at radius 1 is 1.10 bits per heavy atom. The molecule has 0 spiro atoms. The Hall–Kier alpha value is -2.95. The first-order valence-electron chi connectivity index (χ1n) is 6.47. The van der Waals surface area contributed by atoms with E-state index in [2.05, 4.69) is 15.3 Å². The van der Waals surface area contributed by atoms with Crippen LogP contribution in [0.5, 0.6) is 0 Å². The fraction of sp³-hybridized carbons (Fsp3) is 0.0625. The van der Waals surface area contributed by atoms with Crippen molar-refractivity contribution in [1.29, 1.82) is 0 Å². The van der Waals surface area contributed by atoms with Crippen LogP contribution in [0, 0.1) is 0 Å². The van der Waals surface area contributed by atoms with Gasteiger partial charge in [0, 0.05) is 48.0 Å². The van der Waals surface area contributed by atoms with E-state index in [1.54, 1.807) is 49.4 Å². The molecule has 3 heterocycles. The molecule has 5 nitrogen and oxygen atoms in total. The van der Waals surface area contributed by atoms with Crippen molar-refractivity contribution in [1.82, 2.24) is 15.3 Å². The monoisotopic (exact) mass is 279 g/mol. The minimum atomic E-state index is -0.133. The summed E-state index contributed by atoms with van der Waals surface area (Å²) in [7, 11) is 0. The SMILES string of the molecule is O=C(NCc1cncc(-c2ccoc2)c1)c1ccncc1. The highest BCUT2D eigenvalue weighted by Gasteiger charge is 2.06. The number of pyridine rings is 2. The molecule has 1 N–H and O–H groups in total. The minimum absolute atomic E-state index is 0.133. The fourth-order valence-corrected chi connectivity index (χ4v) is 1.96. The molecule has 21 heavy (non-hydrogen) atoms. The number of nitrogens with one attached hydrogen (secondary N) is 1. The van der Waals surface area contributed by atoms with Crippen molar-refractivity contribution < 1.29 is 9.21 Å². The quantitative estimate of drug-likeness (QED) is 0.797. The molecule has 3 aromatic rings. The number of hydrogen-bond donors (Lipinski definition) is 1. The highest BCUT2D eigenvalue weighted by Crippen LogP contribution is 2.19. The van der Waals surface area contributed by atoms with E-state index in [0.29, 0.717) is 12.1 Å². The zero-order valence-electron chi connectivity index (χ0n) is 11.2. The number of hydrogen-bond acceptors (Lipinski definition) is 4. The van der Waals surface area contributed by atoms with Crippen molar-refractivity contribution >= 4 is 5.91 Å². The van der Waals surface area contributed by atoms with Crippen LogP contribution in [0.3, 0.4) is 0 Å². The van der Waals surface area contributed by atoms with Crippen LogP contribution in [-0.4, -0.2) is 15.9 Å². The second kappa shape index (κ2) is 6.00. The minimum Gasteiger partial charge on any atom is -0.472 e. The van der Waals surface area contributed by atoms with E-state index in [9.17, 15) is 4.79 Å². The van der Waals surface area contributed by atoms with Crippen LogP contribution < -0.4 is 5.32 Å². The molecule has 0 bridgehead atoms. The van der Waals surface area contributed by atoms with E-state index < -0.39 is 0 Å². The summed E-state index contributed by atoms with van der Waals surface area (Å²) in [6.07, 6.45) is 9.96. The van der Waals surface area contributed by atoms with E-state index in [1.807, 2.05) is 12.1 Å². The molecule has 0 saturated heterocycles. The Kier molecular flexibility index (Phi) is 3.73. The summed E-state index contributed by atoms with van der Waals surface area (Å²) in [6.45, 7) is 0.417. The van der Waals surface area contributed by atoms with Gasteiger partial charge in [0.15, 0.2) is 0 Å². The van der Waals surface area contributed by atoms with Crippen molar-refractivity contribution in [2.45, 2.75) is 6.54 Å². The molecule has 3 rings (SSSR count). The predicted octanol–water partition coefficient (Wildman–Crippen LogP) is 2.67. The average molecular weight is 279 g/mol. The lowest BCUT2D eigenvalue weighted by Crippen LogP contribution is -2.22. The Balaban J connectivity index is 1.69. The van der Waals surface area contributed by atoms with E-state index in [-0.39, 0.29) is 5.91 Å². The Morgan fingerprint density at radius 3 is 2.71 bits per heavy atom. The molecule has 5 heteroatoms. The molecule has 3 aromatic heterocycles. The standard InChI is InChI=1S/C16H13N3O2/c20-16(13-1-4-17-5-2-13)19-9-12-7-15(10-18-8-12)14-3-6-21-11-14/h1-8,10-11H,9H2,(H,19,20). The summed E-state index contributed by atoms with van der Waals surface area (Å²) in [6, 6.07) is 7.20. The van der Waals surface area contributed by atoms with Gasteiger partial charge < -0.3 is 9.73 Å². The molecule has 0 radical (unpaired) electrons. The maximum Gasteiger partial charge on any atom is 0.251 e. The van der Waals surface area contributed by atoms with Gasteiger partial charge in [-0.15, -0.1) is 0 Å². The summed E-state index contributed by atoms with van der Waals surface area (Å²) in [5.74, 6) is -0.133. The normalized spacial score (nSPS) is 10.3. The zero-order valence-corrected chi connectivity index (χ0v) is 11.2. The van der Waals surface area contributed by atoms with Gasteiger partial charge in [-0.2, -0.15) is 0 Å². The third-order valence-electron chi connectivity index (χ3n) is 3.04. The first kappa shape index (κ1) is 13.1. The summed E-state index contributed by atoms with van der Waals surface area (Å²) >= 11 is 0. The lowest BCUT2D eigenvalue weighted by Gasteiger charge is -2.06. The second-order valence-electron chi connectivity index (χ2n) is 4.51. The number of carbonyl (C=O) groups excluding carboxylic acids is 1. The smallest absolute Gasteiger partial charge is 0.251 e. The van der Waals surface area contributed by atoms with Gasteiger partial charge in [0.25, 0.3) is 5.91 Å². The van der Waals surface area contributed by atoms with Gasteiger partial charge >= 0.3 is 0 Å². The Bertz CT molecular complexity index is 724. The predicted molar refractivity (Wildman–Crippen MR) is 77.3 cm³/mol. The number of nitrogens with zero attached hydrogens (tertiary/aromatic N) is 2. The van der Waals surface area contributed by atoms with Gasteiger partial charge in [-0.3, -0.25) is 14.8 Å². The Morgan fingerprint density at radius 2 is 1.95 bits per heavy atom. The van der Waals surface area contributed by atoms with Crippen molar-refractivity contribution in [3.05, 3.63) is 72.7 Å². The van der Waals surface area contributed by atoms with Crippen LogP contribution in [0.2, 0.25) is 0 Å². The maximum absolute atomic E-state index is 12.0. The first-order valence-corrected chi connectivity index (χ1v) is 6.47. The van der Waals surface area contributed by atoms with E-state index in [4.69, 9.17) is 4.42 Å². The zero-order chi connectivity index (χ0) is 14.5.